The predicted octanol–water partition coefficient (Wildman–Crippen LogP) is 8.26. The second-order valence-electron chi connectivity index (χ2n) is 8.68. The van der Waals surface area contributed by atoms with Crippen LogP contribution < -0.4 is 4.74 Å². The first-order valence-electron chi connectivity index (χ1n) is 12.3. The van der Waals surface area contributed by atoms with E-state index in [-0.39, 0.29) is 34.5 Å². The number of carboxylic acid groups (broad SMARTS) is 1. The Balaban J connectivity index is 2.69. The van der Waals surface area contributed by atoms with Gasteiger partial charge in [-0.2, -0.15) is 0 Å². The van der Waals surface area contributed by atoms with Crippen LogP contribution in [0.5, 0.6) is 5.75 Å². The average Bonchev–Trinajstić information content (AvgIpc) is 2.75. The van der Waals surface area contributed by atoms with E-state index in [1.807, 2.05) is 22.6 Å². The summed E-state index contributed by atoms with van der Waals surface area (Å²) in [5.74, 6) is -2.22. The zero-order chi connectivity index (χ0) is 25.5. The van der Waals surface area contributed by atoms with Gasteiger partial charge in [0.05, 0.1) is 4.92 Å². The molecule has 190 valence electrons. The molecule has 1 aromatic rings. The lowest BCUT2D eigenvalue weighted by molar-refractivity contribution is -0.385. The smallest absolute Gasteiger partial charge is 0.340 e. The molecule has 0 radical (unpaired) electrons. The minimum absolute atomic E-state index is 0.0956. The zero-order valence-electron chi connectivity index (χ0n) is 20.5. The molecule has 7 nitrogen and oxygen atoms in total. The van der Waals surface area contributed by atoms with Crippen LogP contribution in [0.4, 0.5) is 5.69 Å². The molecule has 34 heavy (non-hydrogen) atoms. The van der Waals surface area contributed by atoms with Gasteiger partial charge < -0.3 is 9.84 Å². The second-order valence-corrected chi connectivity index (χ2v) is 9.98. The number of aromatic carboxylic acids is 1. The Morgan fingerprint density at radius 2 is 1.47 bits per heavy atom. The number of carboxylic acids is 1. The molecule has 1 aromatic carbocycles. The van der Waals surface area contributed by atoms with Gasteiger partial charge >= 0.3 is 11.9 Å². The van der Waals surface area contributed by atoms with Crippen LogP contribution in [0.15, 0.2) is 12.6 Å². The third-order valence-corrected chi connectivity index (χ3v) is 6.42. The van der Waals surface area contributed by atoms with E-state index >= 15 is 0 Å². The van der Waals surface area contributed by atoms with E-state index in [0.29, 0.717) is 10.0 Å². The third kappa shape index (κ3) is 10.5. The van der Waals surface area contributed by atoms with Crippen molar-refractivity contribution in [3.8, 4) is 5.75 Å². The number of hydrogen-bond acceptors (Lipinski definition) is 5. The minimum atomic E-state index is -1.36. The van der Waals surface area contributed by atoms with E-state index < -0.39 is 16.9 Å². The first-order chi connectivity index (χ1) is 16.2. The first-order valence-corrected chi connectivity index (χ1v) is 13.4. The van der Waals surface area contributed by atoms with Crippen molar-refractivity contribution in [2.45, 2.75) is 104 Å². The number of halogens is 1. The molecular formula is C26H38INO6. The highest BCUT2D eigenvalue weighted by atomic mass is 127. The van der Waals surface area contributed by atoms with Crippen molar-refractivity contribution in [1.29, 1.82) is 0 Å². The van der Waals surface area contributed by atoms with Crippen molar-refractivity contribution in [2.24, 2.45) is 0 Å². The summed E-state index contributed by atoms with van der Waals surface area (Å²) in [7, 11) is 0. The summed E-state index contributed by atoms with van der Waals surface area (Å²) in [4.78, 5) is 34.8. The second kappa shape index (κ2) is 16.6. The number of ether oxygens (including phenoxy) is 1. The van der Waals surface area contributed by atoms with Crippen LogP contribution in [-0.4, -0.2) is 22.0 Å². The molecule has 0 aliphatic carbocycles. The number of nitrogens with zero attached hydrogens (tertiary/aromatic N) is 1. The molecule has 0 aliphatic rings. The number of hydrogen-bond donors (Lipinski definition) is 1. The van der Waals surface area contributed by atoms with Gasteiger partial charge in [-0.15, -0.1) is 0 Å². The number of rotatable bonds is 18. The Bertz CT molecular complexity index is 852. The first kappa shape index (κ1) is 30.1. The fourth-order valence-electron chi connectivity index (χ4n) is 4.10. The van der Waals surface area contributed by atoms with Gasteiger partial charge in [0.25, 0.3) is 5.69 Å². The molecular weight excluding hydrogens is 549 g/mol. The topological polar surface area (TPSA) is 107 Å². The quantitative estimate of drug-likeness (QED) is 0.0463. The van der Waals surface area contributed by atoms with E-state index in [1.165, 1.54) is 70.8 Å². The van der Waals surface area contributed by atoms with Crippen LogP contribution in [0.1, 0.15) is 119 Å². The maximum absolute atomic E-state index is 12.1. The highest BCUT2D eigenvalue weighted by Gasteiger charge is 2.30. The van der Waals surface area contributed by atoms with Gasteiger partial charge in [-0.05, 0) is 35.4 Å². The van der Waals surface area contributed by atoms with Gasteiger partial charge in [-0.1, -0.05) is 90.6 Å². The molecule has 8 heteroatoms. The van der Waals surface area contributed by atoms with Crippen LogP contribution in [0, 0.1) is 10.1 Å². The minimum Gasteiger partial charge on any atom is -0.478 e. The molecule has 1 rings (SSSR count). The van der Waals surface area contributed by atoms with E-state index in [9.17, 15) is 24.8 Å². The number of unbranched alkanes of at least 4 members (excludes halogenated alkanes) is 12. The van der Waals surface area contributed by atoms with Crippen molar-refractivity contribution >= 4 is 43.8 Å². The summed E-state index contributed by atoms with van der Waals surface area (Å²) in [6, 6.07) is 1.26. The van der Waals surface area contributed by atoms with Crippen LogP contribution in [0.25, 0.3) is 3.58 Å². The van der Waals surface area contributed by atoms with Crippen LogP contribution in [-0.2, 0) is 11.2 Å². The van der Waals surface area contributed by atoms with E-state index in [2.05, 4.69) is 13.5 Å². The van der Waals surface area contributed by atoms with Gasteiger partial charge in [0.1, 0.15) is 5.56 Å². The highest BCUT2D eigenvalue weighted by Crippen LogP contribution is 2.40. The number of benzene rings is 1. The molecule has 0 atom stereocenters. The average molecular weight is 587 g/mol. The molecule has 0 spiro atoms. The molecule has 0 saturated heterocycles. The van der Waals surface area contributed by atoms with Crippen molar-refractivity contribution in [1.82, 2.24) is 0 Å². The maximum atomic E-state index is 12.1. The molecule has 0 bridgehead atoms. The van der Waals surface area contributed by atoms with Gasteiger partial charge in [0.15, 0.2) is 5.75 Å². The van der Waals surface area contributed by atoms with E-state index in [0.717, 1.165) is 19.3 Å². The third-order valence-electron chi connectivity index (χ3n) is 5.84. The summed E-state index contributed by atoms with van der Waals surface area (Å²) in [5.41, 5.74) is -0.358. The molecule has 1 N–H and O–H groups in total. The lowest BCUT2D eigenvalue weighted by Crippen LogP contribution is -2.14. The van der Waals surface area contributed by atoms with Gasteiger partial charge in [-0.25, -0.2) is 4.79 Å². The SMILES string of the molecule is C=C(I)c1cc([N+](=O)[O-])c(CCCCCCCCCCCCCCC)c(C(=O)O)c1OC(C)=O. The van der Waals surface area contributed by atoms with E-state index in [4.69, 9.17) is 4.74 Å². The lowest BCUT2D eigenvalue weighted by atomic mass is 9.94. The van der Waals surface area contributed by atoms with Crippen molar-refractivity contribution < 1.29 is 24.4 Å². The fraction of sp³-hybridized carbons (Fsp3) is 0.615. The van der Waals surface area contributed by atoms with Crippen LogP contribution in [0.2, 0.25) is 0 Å². The Hall–Kier alpha value is -1.97. The molecule has 0 unspecified atom stereocenters. The number of esters is 1. The Labute approximate surface area is 216 Å². The maximum Gasteiger partial charge on any atom is 0.340 e. The van der Waals surface area contributed by atoms with Gasteiger partial charge in [-0.3, -0.25) is 14.9 Å². The monoisotopic (exact) mass is 587 g/mol. The number of nitro benzene ring substituents is 1. The number of nitro groups is 1. The summed E-state index contributed by atoms with van der Waals surface area (Å²) in [6.07, 6.45) is 15.4. The summed E-state index contributed by atoms with van der Waals surface area (Å²) in [5, 5.41) is 21.5. The van der Waals surface area contributed by atoms with Crippen molar-refractivity contribution in [3.63, 3.8) is 0 Å². The van der Waals surface area contributed by atoms with Crippen LogP contribution in [0.3, 0.4) is 0 Å². The molecule has 0 aliphatic heterocycles. The largest absolute Gasteiger partial charge is 0.478 e. The van der Waals surface area contributed by atoms with Gasteiger partial charge in [0, 0.05) is 27.7 Å². The predicted molar refractivity (Wildman–Crippen MR) is 144 cm³/mol. The molecule has 0 aromatic heterocycles. The lowest BCUT2D eigenvalue weighted by Gasteiger charge is -2.16. The molecule has 0 amide bonds. The summed E-state index contributed by atoms with van der Waals surface area (Å²) >= 11 is 1.83. The number of carbonyl (C=O) groups excluding carboxylic acids is 1. The Kier molecular flexibility index (Phi) is 14.7. The fourth-order valence-corrected chi connectivity index (χ4v) is 4.50. The van der Waals surface area contributed by atoms with Crippen LogP contribution >= 0.6 is 22.6 Å². The number of carbonyl (C=O) groups is 2. The Morgan fingerprint density at radius 3 is 1.85 bits per heavy atom. The molecule has 0 fully saturated rings. The van der Waals surface area contributed by atoms with Gasteiger partial charge in [0.2, 0.25) is 0 Å². The van der Waals surface area contributed by atoms with Crippen molar-refractivity contribution in [3.05, 3.63) is 39.4 Å². The van der Waals surface area contributed by atoms with E-state index in [1.54, 1.807) is 0 Å². The summed E-state index contributed by atoms with van der Waals surface area (Å²) < 4.78 is 5.54. The standard InChI is InChI=1S/C26H38INO6/c1-4-5-6-7-8-9-10-11-12-13-14-15-16-17-21-23(28(32)33)18-22(19(2)27)25(34-20(3)29)24(21)26(30)31/h18H,2,4-17H2,1,3H3,(H,30,31). The summed E-state index contributed by atoms with van der Waals surface area (Å²) in [6.45, 7) is 7.14. The normalized spacial score (nSPS) is 10.8. The molecule has 0 saturated carbocycles. The zero-order valence-corrected chi connectivity index (χ0v) is 22.7. The van der Waals surface area contributed by atoms with Crippen molar-refractivity contribution in [2.75, 3.05) is 0 Å². The Morgan fingerprint density at radius 1 is 1.00 bits per heavy atom. The highest BCUT2D eigenvalue weighted by molar-refractivity contribution is 14.1. The molecule has 0 heterocycles.